The molecule has 6 aromatic carbocycles. The SMILES string of the molecule is CCCOCCOc1ccc(C2(n3c(-c4ccc(OCCOCCOC)c(OCCOCCOC)c4)nc(-c4ccccc4)c3-c3ccccc3)N=C(c3ccccc3)C(c3ccccc3)=N2)cc1OCCOCCC. The van der Waals surface area contributed by atoms with Crippen molar-refractivity contribution in [1.82, 2.24) is 9.55 Å². The lowest BCUT2D eigenvalue weighted by Crippen LogP contribution is -2.31. The molecule has 0 aliphatic carbocycles. The predicted molar refractivity (Wildman–Crippen MR) is 298 cm³/mol. The van der Waals surface area contributed by atoms with Crippen molar-refractivity contribution < 1.29 is 47.4 Å². The highest BCUT2D eigenvalue weighted by Crippen LogP contribution is 2.48. The molecule has 0 unspecified atom stereocenters. The third kappa shape index (κ3) is 14.2. The molecule has 1 aliphatic rings. The second-order valence-corrected chi connectivity index (χ2v) is 17.6. The number of hydrogen-bond acceptors (Lipinski definition) is 13. The maximum atomic E-state index is 6.65. The van der Waals surface area contributed by atoms with Crippen LogP contribution in [0.5, 0.6) is 23.0 Å². The summed E-state index contributed by atoms with van der Waals surface area (Å²) in [5.41, 5.74) is 7.90. The lowest BCUT2D eigenvalue weighted by molar-refractivity contribution is 0.0499. The van der Waals surface area contributed by atoms with Gasteiger partial charge in [0, 0.05) is 60.8 Å². The summed E-state index contributed by atoms with van der Waals surface area (Å²) < 4.78 is 62.0. The smallest absolute Gasteiger partial charge is 0.261 e. The maximum absolute atomic E-state index is 6.65. The number of rotatable bonds is 33. The van der Waals surface area contributed by atoms with Crippen LogP contribution >= 0.6 is 0 Å². The third-order valence-corrected chi connectivity index (χ3v) is 12.2. The predicted octanol–water partition coefficient (Wildman–Crippen LogP) is 11.2. The minimum Gasteiger partial charge on any atom is -0.487 e. The van der Waals surface area contributed by atoms with Gasteiger partial charge in [-0.3, -0.25) is 4.57 Å². The number of methoxy groups -OCH3 is 2. The monoisotopic (exact) mass is 1030 g/mol. The van der Waals surface area contributed by atoms with Crippen LogP contribution in [0, 0.1) is 0 Å². The highest BCUT2D eigenvalue weighted by Gasteiger charge is 2.45. The number of benzene rings is 6. The van der Waals surface area contributed by atoms with E-state index in [1.165, 1.54) is 0 Å². The second kappa shape index (κ2) is 29.2. The molecule has 398 valence electrons. The molecule has 0 N–H and O–H groups in total. The van der Waals surface area contributed by atoms with Crippen LogP contribution in [0.2, 0.25) is 0 Å². The molecular formula is C62H70N4O10. The second-order valence-electron chi connectivity index (χ2n) is 17.6. The largest absolute Gasteiger partial charge is 0.487 e. The number of ether oxygens (including phenoxy) is 10. The van der Waals surface area contributed by atoms with Crippen molar-refractivity contribution in [3.63, 3.8) is 0 Å². The zero-order valence-corrected chi connectivity index (χ0v) is 44.2. The molecule has 14 nitrogen and oxygen atoms in total. The maximum Gasteiger partial charge on any atom is 0.261 e. The van der Waals surface area contributed by atoms with Gasteiger partial charge < -0.3 is 47.4 Å². The van der Waals surface area contributed by atoms with Gasteiger partial charge in [0.25, 0.3) is 5.79 Å². The first-order valence-corrected chi connectivity index (χ1v) is 26.2. The van der Waals surface area contributed by atoms with Crippen molar-refractivity contribution in [1.29, 1.82) is 0 Å². The van der Waals surface area contributed by atoms with Crippen LogP contribution in [0.25, 0.3) is 33.9 Å². The van der Waals surface area contributed by atoms with Crippen molar-refractivity contribution in [3.05, 3.63) is 174 Å². The zero-order valence-electron chi connectivity index (χ0n) is 44.2. The first-order chi connectivity index (χ1) is 37.6. The minimum atomic E-state index is -1.58. The van der Waals surface area contributed by atoms with Crippen molar-refractivity contribution in [2.24, 2.45) is 9.98 Å². The molecule has 8 rings (SSSR count). The van der Waals surface area contributed by atoms with Crippen molar-refractivity contribution in [2.75, 3.05) is 107 Å². The quantitative estimate of drug-likeness (QED) is 0.0364. The Hall–Kier alpha value is -7.17. The fourth-order valence-electron chi connectivity index (χ4n) is 8.62. The van der Waals surface area contributed by atoms with Crippen LogP contribution < -0.4 is 18.9 Å². The van der Waals surface area contributed by atoms with E-state index in [1.54, 1.807) is 14.2 Å². The van der Waals surface area contributed by atoms with Gasteiger partial charge in [-0.2, -0.15) is 0 Å². The van der Waals surface area contributed by atoms with Gasteiger partial charge in [0.2, 0.25) is 0 Å². The Morgan fingerprint density at radius 2 is 0.789 bits per heavy atom. The number of aliphatic imine (C=N–C) groups is 2. The number of aromatic nitrogens is 2. The first-order valence-electron chi connectivity index (χ1n) is 26.2. The summed E-state index contributed by atoms with van der Waals surface area (Å²) in [6.07, 6.45) is 1.81. The van der Waals surface area contributed by atoms with Crippen LogP contribution in [0.1, 0.15) is 43.4 Å². The number of nitrogens with zero attached hydrogens (tertiary/aromatic N) is 4. The average molecular weight is 1030 g/mol. The van der Waals surface area contributed by atoms with Crippen LogP contribution in [0.4, 0.5) is 0 Å². The minimum absolute atomic E-state index is 0.248. The molecule has 14 heteroatoms. The van der Waals surface area contributed by atoms with E-state index in [9.17, 15) is 0 Å². The van der Waals surface area contributed by atoms with Crippen LogP contribution in [0.3, 0.4) is 0 Å². The van der Waals surface area contributed by atoms with Gasteiger partial charge in [0.05, 0.1) is 75.7 Å². The third-order valence-electron chi connectivity index (χ3n) is 12.2. The van der Waals surface area contributed by atoms with E-state index in [-0.39, 0.29) is 19.8 Å². The summed E-state index contributed by atoms with van der Waals surface area (Å²) in [7, 11) is 3.30. The van der Waals surface area contributed by atoms with E-state index in [2.05, 4.69) is 66.9 Å². The lowest BCUT2D eigenvalue weighted by Gasteiger charge is -2.30. The Labute approximate surface area is 447 Å². The van der Waals surface area contributed by atoms with Crippen molar-refractivity contribution >= 4 is 11.4 Å². The fraction of sp³-hybridized carbons (Fsp3) is 0.339. The van der Waals surface area contributed by atoms with Crippen molar-refractivity contribution in [2.45, 2.75) is 32.5 Å². The van der Waals surface area contributed by atoms with Gasteiger partial charge in [-0.1, -0.05) is 135 Å². The Morgan fingerprint density at radius 3 is 1.26 bits per heavy atom. The van der Waals surface area contributed by atoms with Gasteiger partial charge in [-0.25, -0.2) is 15.0 Å². The Morgan fingerprint density at radius 1 is 0.382 bits per heavy atom. The number of hydrogen-bond donors (Lipinski definition) is 0. The summed E-state index contributed by atoms with van der Waals surface area (Å²) in [5.74, 6) is 1.07. The molecule has 0 saturated heterocycles. The van der Waals surface area contributed by atoms with Crippen LogP contribution in [-0.4, -0.2) is 128 Å². The summed E-state index contributed by atoms with van der Waals surface area (Å²) in [6, 6.07) is 52.7. The molecule has 0 amide bonds. The molecule has 2 heterocycles. The molecule has 76 heavy (non-hydrogen) atoms. The highest BCUT2D eigenvalue weighted by atomic mass is 16.6. The molecule has 1 aliphatic heterocycles. The summed E-state index contributed by atoms with van der Waals surface area (Å²) >= 11 is 0. The normalized spacial score (nSPS) is 12.8. The molecule has 1 aromatic heterocycles. The first kappa shape index (κ1) is 55.1. The molecule has 0 spiro atoms. The molecule has 0 fully saturated rings. The van der Waals surface area contributed by atoms with Gasteiger partial charge in [-0.15, -0.1) is 0 Å². The van der Waals surface area contributed by atoms with E-state index in [4.69, 9.17) is 62.3 Å². The highest BCUT2D eigenvalue weighted by molar-refractivity contribution is 6.54. The van der Waals surface area contributed by atoms with E-state index in [0.29, 0.717) is 124 Å². The lowest BCUT2D eigenvalue weighted by atomic mass is 10.0. The standard InChI is InChI=1S/C62H70N4O10/c1-5-31-69-37-41-74-54-30-28-52(46-56(54)76-43-38-70-32-6-2)62(64-57(47-19-11-7-12-20-47)58(65-62)48-21-13-8-14-22-48)66-60(50-25-17-10-18-26-50)59(49-23-15-9-16-24-49)63-61(66)51-27-29-53(73-42-39-71-35-33-67-3)55(45-51)75-44-40-72-36-34-68-4/h7-30,45-46H,5-6,31-44H2,1-4H3. The van der Waals surface area contributed by atoms with Crippen LogP contribution in [-0.2, 0) is 34.2 Å². The van der Waals surface area contributed by atoms with E-state index in [0.717, 1.165) is 46.5 Å². The zero-order chi connectivity index (χ0) is 52.6. The van der Waals surface area contributed by atoms with Crippen LogP contribution in [0.15, 0.2) is 168 Å². The summed E-state index contributed by atoms with van der Waals surface area (Å²) in [5, 5.41) is 0. The van der Waals surface area contributed by atoms with Gasteiger partial charge in [-0.05, 0) is 49.2 Å². The molecular weight excluding hydrogens is 961 g/mol. The molecule has 7 aromatic rings. The topological polar surface area (TPSA) is 135 Å². The molecule has 0 saturated carbocycles. The Bertz CT molecular complexity index is 2840. The Kier molecular flexibility index (Phi) is 21.2. The fourth-order valence-corrected chi connectivity index (χ4v) is 8.62. The summed E-state index contributed by atoms with van der Waals surface area (Å²) in [4.78, 5) is 17.6. The molecule has 0 radical (unpaired) electrons. The molecule has 0 bridgehead atoms. The van der Waals surface area contributed by atoms with Gasteiger partial charge >= 0.3 is 0 Å². The summed E-state index contributed by atoms with van der Waals surface area (Å²) in [6.45, 7) is 9.93. The van der Waals surface area contributed by atoms with Gasteiger partial charge in [0.15, 0.2) is 23.0 Å². The van der Waals surface area contributed by atoms with Gasteiger partial charge in [0.1, 0.15) is 32.3 Å². The van der Waals surface area contributed by atoms with Crippen molar-refractivity contribution in [3.8, 4) is 56.9 Å². The average Bonchev–Trinajstić information content (AvgIpc) is 4.09. The Balaban J connectivity index is 1.41. The molecule has 0 atom stereocenters. The van der Waals surface area contributed by atoms with E-state index >= 15 is 0 Å². The number of imidazole rings is 1. The van der Waals surface area contributed by atoms with E-state index < -0.39 is 5.79 Å². The van der Waals surface area contributed by atoms with E-state index in [1.807, 2.05) is 109 Å².